The van der Waals surface area contributed by atoms with E-state index in [1.165, 1.54) is 0 Å². The van der Waals surface area contributed by atoms with Crippen LogP contribution in [0.1, 0.15) is 29.6 Å². The highest BCUT2D eigenvalue weighted by molar-refractivity contribution is 6.03. The van der Waals surface area contributed by atoms with Crippen molar-refractivity contribution in [3.63, 3.8) is 0 Å². The Kier molecular flexibility index (Phi) is 5.83. The van der Waals surface area contributed by atoms with Crippen LogP contribution in [0.15, 0.2) is 36.4 Å². The van der Waals surface area contributed by atoms with Gasteiger partial charge in [0, 0.05) is 36.0 Å². The molecular formula is C20H19F2N7O2. The molecule has 0 aliphatic carbocycles. The monoisotopic (exact) mass is 427 g/mol. The summed E-state index contributed by atoms with van der Waals surface area (Å²) in [5.74, 6) is -1.57. The zero-order chi connectivity index (χ0) is 21.8. The van der Waals surface area contributed by atoms with Gasteiger partial charge in [-0.05, 0) is 54.8 Å². The lowest BCUT2D eigenvalue weighted by molar-refractivity contribution is 0.0724. The fourth-order valence-corrected chi connectivity index (χ4v) is 3.44. The molecule has 0 bridgehead atoms. The quantitative estimate of drug-likeness (QED) is 0.590. The predicted molar refractivity (Wildman–Crippen MR) is 108 cm³/mol. The summed E-state index contributed by atoms with van der Waals surface area (Å²) in [5, 5.41) is 18.7. The highest BCUT2D eigenvalue weighted by Gasteiger charge is 2.21. The first-order valence-corrected chi connectivity index (χ1v) is 9.71. The van der Waals surface area contributed by atoms with E-state index in [0.29, 0.717) is 36.0 Å². The van der Waals surface area contributed by atoms with Crippen LogP contribution < -0.4 is 10.6 Å². The van der Waals surface area contributed by atoms with Gasteiger partial charge in [0.1, 0.15) is 11.6 Å². The molecule has 2 heterocycles. The molecule has 3 N–H and O–H groups in total. The van der Waals surface area contributed by atoms with Crippen LogP contribution >= 0.6 is 0 Å². The summed E-state index contributed by atoms with van der Waals surface area (Å²) < 4.78 is 26.7. The van der Waals surface area contributed by atoms with E-state index in [-0.39, 0.29) is 17.4 Å². The average molecular weight is 427 g/mol. The zero-order valence-corrected chi connectivity index (χ0v) is 16.4. The lowest BCUT2D eigenvalue weighted by Gasteiger charge is -2.27. The highest BCUT2D eigenvalue weighted by atomic mass is 19.1. The summed E-state index contributed by atoms with van der Waals surface area (Å²) in [6, 6.07) is 6.68. The number of benzene rings is 2. The van der Waals surface area contributed by atoms with Crippen LogP contribution in [0, 0.1) is 11.6 Å². The minimum atomic E-state index is -0.816. The molecule has 3 amide bonds. The van der Waals surface area contributed by atoms with E-state index in [0.717, 1.165) is 31.4 Å². The number of aromatic nitrogens is 4. The number of nitrogens with zero attached hydrogens (tertiary/aromatic N) is 4. The minimum Gasteiger partial charge on any atom is -0.339 e. The first-order chi connectivity index (χ1) is 15.0. The first-order valence-electron chi connectivity index (χ1n) is 9.71. The van der Waals surface area contributed by atoms with Gasteiger partial charge >= 0.3 is 6.03 Å². The van der Waals surface area contributed by atoms with E-state index < -0.39 is 17.7 Å². The number of tetrazole rings is 1. The Morgan fingerprint density at radius 1 is 0.968 bits per heavy atom. The van der Waals surface area contributed by atoms with Gasteiger partial charge in [-0.2, -0.15) is 5.21 Å². The van der Waals surface area contributed by atoms with Crippen molar-refractivity contribution in [1.29, 1.82) is 0 Å². The molecular weight excluding hydrogens is 408 g/mol. The molecule has 0 spiro atoms. The van der Waals surface area contributed by atoms with E-state index >= 15 is 0 Å². The van der Waals surface area contributed by atoms with Crippen molar-refractivity contribution in [3.8, 4) is 11.4 Å². The van der Waals surface area contributed by atoms with Crippen LogP contribution in [0.4, 0.5) is 25.0 Å². The Hall–Kier alpha value is -3.89. The molecule has 160 valence electrons. The van der Waals surface area contributed by atoms with E-state index in [1.807, 2.05) is 0 Å². The predicted octanol–water partition coefficient (Wildman–Crippen LogP) is 3.42. The third-order valence-corrected chi connectivity index (χ3v) is 4.86. The molecule has 1 aliphatic heterocycles. The summed E-state index contributed by atoms with van der Waals surface area (Å²) >= 11 is 0. The van der Waals surface area contributed by atoms with Gasteiger partial charge in [-0.15, -0.1) is 10.2 Å². The molecule has 1 aromatic heterocycles. The van der Waals surface area contributed by atoms with Gasteiger partial charge < -0.3 is 15.5 Å². The Labute approximate surface area is 175 Å². The number of rotatable bonds is 4. The van der Waals surface area contributed by atoms with Crippen molar-refractivity contribution >= 4 is 23.3 Å². The lowest BCUT2D eigenvalue weighted by atomic mass is 10.0. The van der Waals surface area contributed by atoms with Gasteiger partial charge in [0.05, 0.1) is 5.69 Å². The number of carbonyl (C=O) groups excluding carboxylic acids is 2. The number of carbonyl (C=O) groups is 2. The number of urea groups is 1. The Balaban J connectivity index is 1.58. The molecule has 0 radical (unpaired) electrons. The molecule has 11 heteroatoms. The molecule has 31 heavy (non-hydrogen) atoms. The molecule has 0 saturated carbocycles. The topological polar surface area (TPSA) is 116 Å². The summed E-state index contributed by atoms with van der Waals surface area (Å²) in [7, 11) is 0. The van der Waals surface area contributed by atoms with Gasteiger partial charge in [0.15, 0.2) is 0 Å². The van der Waals surface area contributed by atoms with Crippen molar-refractivity contribution in [3.05, 3.63) is 53.6 Å². The zero-order valence-electron chi connectivity index (χ0n) is 16.4. The molecule has 1 aliphatic rings. The fraction of sp³-hybridized carbons (Fsp3) is 0.250. The van der Waals surface area contributed by atoms with E-state index in [2.05, 4.69) is 31.3 Å². The average Bonchev–Trinajstić information content (AvgIpc) is 3.28. The van der Waals surface area contributed by atoms with Gasteiger partial charge in [-0.1, -0.05) is 0 Å². The molecule has 1 saturated heterocycles. The van der Waals surface area contributed by atoms with Crippen molar-refractivity contribution in [1.82, 2.24) is 25.5 Å². The van der Waals surface area contributed by atoms with E-state index in [9.17, 15) is 18.4 Å². The first kappa shape index (κ1) is 20.4. The molecule has 2 aromatic carbocycles. The molecule has 9 nitrogen and oxygen atoms in total. The number of anilines is 2. The van der Waals surface area contributed by atoms with Crippen LogP contribution in [0.25, 0.3) is 11.4 Å². The fourth-order valence-electron chi connectivity index (χ4n) is 3.44. The Bertz CT molecular complexity index is 1080. The minimum absolute atomic E-state index is 0.0481. The second-order valence-corrected chi connectivity index (χ2v) is 7.09. The molecule has 4 rings (SSSR count). The van der Waals surface area contributed by atoms with Crippen LogP contribution in [0.2, 0.25) is 0 Å². The van der Waals surface area contributed by atoms with Crippen LogP contribution in [0.5, 0.6) is 0 Å². The van der Waals surface area contributed by atoms with Crippen molar-refractivity contribution < 1.29 is 18.4 Å². The Morgan fingerprint density at radius 3 is 2.39 bits per heavy atom. The number of nitrogens with one attached hydrogen (secondary N) is 3. The maximum atomic E-state index is 13.4. The largest absolute Gasteiger partial charge is 0.339 e. The van der Waals surface area contributed by atoms with Gasteiger partial charge in [-0.25, -0.2) is 13.6 Å². The number of likely N-dealkylation sites (tertiary alicyclic amines) is 1. The van der Waals surface area contributed by atoms with E-state index in [4.69, 9.17) is 0 Å². The van der Waals surface area contributed by atoms with Gasteiger partial charge in [-0.3, -0.25) is 4.79 Å². The molecule has 1 fully saturated rings. The summed E-state index contributed by atoms with van der Waals surface area (Å²) in [6.07, 6.45) is 3.03. The number of H-pyrrole nitrogens is 1. The second kappa shape index (κ2) is 8.86. The van der Waals surface area contributed by atoms with E-state index in [1.54, 1.807) is 23.1 Å². The number of hydrogen-bond acceptors (Lipinski definition) is 5. The number of amides is 3. The normalized spacial score (nSPS) is 13.7. The third kappa shape index (κ3) is 4.82. The summed E-state index contributed by atoms with van der Waals surface area (Å²) in [4.78, 5) is 27.0. The SMILES string of the molecule is O=C(Nc1cc(F)cc(F)c1)Nc1ccc(C(=O)N2CCCCC2)cc1-c1nn[nH]n1. The van der Waals surface area contributed by atoms with Crippen molar-refractivity contribution in [2.75, 3.05) is 23.7 Å². The molecule has 0 unspecified atom stereocenters. The number of piperidine rings is 1. The molecule has 0 atom stereocenters. The number of hydrogen-bond donors (Lipinski definition) is 3. The van der Waals surface area contributed by atoms with Crippen molar-refractivity contribution in [2.45, 2.75) is 19.3 Å². The van der Waals surface area contributed by atoms with Crippen LogP contribution in [0.3, 0.4) is 0 Å². The van der Waals surface area contributed by atoms with Crippen molar-refractivity contribution in [2.24, 2.45) is 0 Å². The van der Waals surface area contributed by atoms with Crippen LogP contribution in [-0.4, -0.2) is 50.6 Å². The number of halogens is 2. The maximum absolute atomic E-state index is 13.4. The standard InChI is InChI=1S/C20H19F2N7O2/c21-13-9-14(22)11-15(10-13)23-20(31)24-17-5-4-12(8-16(17)18-25-27-28-26-18)19(30)29-6-2-1-3-7-29/h4-5,8-11H,1-3,6-7H2,(H2,23,24,31)(H,25,26,27,28). The third-order valence-electron chi connectivity index (χ3n) is 4.86. The smallest absolute Gasteiger partial charge is 0.323 e. The molecule has 3 aromatic rings. The summed E-state index contributed by atoms with van der Waals surface area (Å²) in [5.41, 5.74) is 1.05. The number of aromatic amines is 1. The van der Waals surface area contributed by atoms with Gasteiger partial charge in [0.2, 0.25) is 5.82 Å². The summed E-state index contributed by atoms with van der Waals surface area (Å²) in [6.45, 7) is 1.39. The highest BCUT2D eigenvalue weighted by Crippen LogP contribution is 2.27. The lowest BCUT2D eigenvalue weighted by Crippen LogP contribution is -2.35. The van der Waals surface area contributed by atoms with Gasteiger partial charge in [0.25, 0.3) is 5.91 Å². The second-order valence-electron chi connectivity index (χ2n) is 7.09. The maximum Gasteiger partial charge on any atom is 0.323 e. The van der Waals surface area contributed by atoms with Crippen LogP contribution in [-0.2, 0) is 0 Å². The Morgan fingerprint density at radius 2 is 1.71 bits per heavy atom.